The summed E-state index contributed by atoms with van der Waals surface area (Å²) in [5, 5.41) is 32.2. The largest absolute Gasteiger partial charge is 0.481 e. The van der Waals surface area contributed by atoms with Gasteiger partial charge in [-0.15, -0.1) is 0 Å². The Labute approximate surface area is 358 Å². The van der Waals surface area contributed by atoms with Crippen molar-refractivity contribution in [2.75, 3.05) is 7.11 Å². The van der Waals surface area contributed by atoms with Crippen LogP contribution in [0.1, 0.15) is 141 Å². The van der Waals surface area contributed by atoms with Crippen LogP contribution in [0.25, 0.3) is 0 Å². The van der Waals surface area contributed by atoms with E-state index in [1.807, 2.05) is 33.8 Å². The van der Waals surface area contributed by atoms with Gasteiger partial charge in [0.15, 0.2) is 29.4 Å². The van der Waals surface area contributed by atoms with Crippen molar-refractivity contribution in [3.8, 4) is 0 Å². The molecule has 0 aromatic rings. The number of carbonyl (C=O) groups excluding carboxylic acids is 1. The summed E-state index contributed by atoms with van der Waals surface area (Å²) in [4.78, 5) is 24.8. The fraction of sp³-hybridized carbons (Fsp3) is 0.915. The molecule has 0 saturated carbocycles. The minimum absolute atomic E-state index is 0.00518. The first-order chi connectivity index (χ1) is 27.9. The maximum atomic E-state index is 13.4. The van der Waals surface area contributed by atoms with E-state index in [4.69, 9.17) is 37.9 Å². The second-order valence-electron chi connectivity index (χ2n) is 20.7. The number of allylic oxidation sites excluding steroid dienone is 1. The Balaban J connectivity index is 1.24. The Morgan fingerprint density at radius 1 is 0.883 bits per heavy atom. The molecule has 6 heterocycles. The van der Waals surface area contributed by atoms with Gasteiger partial charge in [-0.05, 0) is 71.3 Å². The number of ketones is 1. The molecule has 0 aromatic heterocycles. The lowest BCUT2D eigenvalue weighted by Crippen LogP contribution is -2.63. The number of carbonyl (C=O) groups is 2. The van der Waals surface area contributed by atoms with Gasteiger partial charge in [0.2, 0.25) is 0 Å². The van der Waals surface area contributed by atoms with Crippen LogP contribution in [0.4, 0.5) is 0 Å². The average molecular weight is 851 g/mol. The highest BCUT2D eigenvalue weighted by Gasteiger charge is 2.65. The van der Waals surface area contributed by atoms with Crippen LogP contribution in [0, 0.1) is 47.3 Å². The molecule has 6 aliphatic heterocycles. The lowest BCUT2D eigenvalue weighted by atomic mass is 9.76. The van der Waals surface area contributed by atoms with Crippen LogP contribution >= 0.6 is 0 Å². The second kappa shape index (κ2) is 18.2. The van der Waals surface area contributed by atoms with E-state index in [0.29, 0.717) is 44.1 Å². The predicted octanol–water partition coefficient (Wildman–Crippen LogP) is 7.18. The summed E-state index contributed by atoms with van der Waals surface area (Å²) in [5.74, 6) is -5.99. The molecule has 0 unspecified atom stereocenters. The quantitative estimate of drug-likeness (QED) is 0.169. The first-order valence-electron chi connectivity index (χ1n) is 23.1. The topological polar surface area (TPSA) is 169 Å². The number of aliphatic hydroxyl groups is 2. The van der Waals surface area contributed by atoms with Crippen LogP contribution in [0.5, 0.6) is 0 Å². The number of rotatable bonds is 12. The lowest BCUT2D eigenvalue weighted by molar-refractivity contribution is -0.389. The molecule has 13 heteroatoms. The van der Waals surface area contributed by atoms with Crippen molar-refractivity contribution in [1.29, 1.82) is 0 Å². The summed E-state index contributed by atoms with van der Waals surface area (Å²) >= 11 is 0. The zero-order valence-corrected chi connectivity index (χ0v) is 38.7. The van der Waals surface area contributed by atoms with Gasteiger partial charge in [0.25, 0.3) is 0 Å². The third kappa shape index (κ3) is 9.47. The molecule has 3 N–H and O–H groups in total. The number of ether oxygens (including phenoxy) is 8. The van der Waals surface area contributed by atoms with Gasteiger partial charge in [0, 0.05) is 68.3 Å². The molecule has 6 saturated heterocycles. The number of hydrogen-bond donors (Lipinski definition) is 3. The summed E-state index contributed by atoms with van der Waals surface area (Å²) in [6.45, 7) is 23.5. The Morgan fingerprint density at radius 2 is 1.58 bits per heavy atom. The summed E-state index contributed by atoms with van der Waals surface area (Å²) in [6.07, 6.45) is 4.09. The maximum Gasteiger partial charge on any atom is 0.306 e. The Morgan fingerprint density at radius 3 is 2.23 bits per heavy atom. The van der Waals surface area contributed by atoms with E-state index in [2.05, 4.69) is 27.7 Å². The molecule has 0 bridgehead atoms. The van der Waals surface area contributed by atoms with Crippen molar-refractivity contribution in [2.45, 2.75) is 219 Å². The number of carboxylic acids is 1. The molecule has 344 valence electrons. The van der Waals surface area contributed by atoms with E-state index < -0.39 is 65.4 Å². The van der Waals surface area contributed by atoms with Gasteiger partial charge in [-0.2, -0.15) is 0 Å². The molecule has 13 nitrogen and oxygen atoms in total. The maximum absolute atomic E-state index is 13.4. The molecule has 0 amide bonds. The van der Waals surface area contributed by atoms with Gasteiger partial charge < -0.3 is 53.2 Å². The van der Waals surface area contributed by atoms with E-state index >= 15 is 0 Å². The van der Waals surface area contributed by atoms with Crippen molar-refractivity contribution in [3.05, 3.63) is 11.6 Å². The molecular weight excluding hydrogens is 773 g/mol. The summed E-state index contributed by atoms with van der Waals surface area (Å²) < 4.78 is 54.1. The van der Waals surface area contributed by atoms with Crippen molar-refractivity contribution in [3.63, 3.8) is 0 Å². The molecule has 0 radical (unpaired) electrons. The molecule has 0 aliphatic carbocycles. The monoisotopic (exact) mass is 851 g/mol. The summed E-state index contributed by atoms with van der Waals surface area (Å²) in [5.41, 5.74) is -0.280. The number of methoxy groups -OCH3 is 1. The number of carboxylic acid groups (broad SMARTS) is 1. The highest BCUT2D eigenvalue weighted by Crippen LogP contribution is 2.56. The van der Waals surface area contributed by atoms with Gasteiger partial charge in [0.05, 0.1) is 60.4 Å². The van der Waals surface area contributed by atoms with Gasteiger partial charge in [0.1, 0.15) is 0 Å². The van der Waals surface area contributed by atoms with Crippen LogP contribution in [0.15, 0.2) is 11.6 Å². The van der Waals surface area contributed by atoms with Crippen LogP contribution in [0.2, 0.25) is 0 Å². The smallest absolute Gasteiger partial charge is 0.306 e. The minimum atomic E-state index is -1.26. The molecule has 6 aliphatic rings. The van der Waals surface area contributed by atoms with E-state index in [-0.39, 0.29) is 78.2 Å². The second-order valence-corrected chi connectivity index (χ2v) is 20.7. The lowest BCUT2D eigenvalue weighted by Gasteiger charge is -2.54. The third-order valence-corrected chi connectivity index (χ3v) is 15.8. The van der Waals surface area contributed by atoms with Gasteiger partial charge in [-0.1, -0.05) is 61.5 Å². The van der Waals surface area contributed by atoms with Crippen molar-refractivity contribution in [2.24, 2.45) is 47.3 Å². The molecule has 6 fully saturated rings. The van der Waals surface area contributed by atoms with E-state index in [1.54, 1.807) is 34.8 Å². The fourth-order valence-corrected chi connectivity index (χ4v) is 11.6. The molecule has 60 heavy (non-hydrogen) atoms. The number of aliphatic hydroxyl groups excluding tert-OH is 1. The molecule has 0 aromatic carbocycles. The summed E-state index contributed by atoms with van der Waals surface area (Å²) in [6, 6.07) is 0. The van der Waals surface area contributed by atoms with E-state index in [1.165, 1.54) is 0 Å². The number of Topliss-reactive ketones (excluding diaryl/α,β-unsaturated/α-hetero) is 1. The minimum Gasteiger partial charge on any atom is -0.481 e. The standard InChI is InChI=1S/C47H78O13/c1-24(40(49)25(2)19-28(5)43(50)51)18-26(3)41-31(8)34(48)23-46(59-41)17-16-44(11,60-46)38-22-36(55-39-15-14-35(53-13)33(10)54-39)32(9)47(57-38)30(7)21-37(56-47)42-27(4)20-29(6)45(12,52)58-42/h18,25-39,41-42,48,52H,14-17,19-23H2,1-13H3,(H,50,51)/b24-18+/t25-,26+,27+,28+,29-,30+,31-,32-,33-,34+,35+,36+,37-,38-,39+,41-,42+,44+,45+,46-,47+/m1/s1. The van der Waals surface area contributed by atoms with Crippen LogP contribution in [0.3, 0.4) is 0 Å². The Kier molecular flexibility index (Phi) is 14.5. The highest BCUT2D eigenvalue weighted by atomic mass is 16.8. The number of aliphatic carboxylic acids is 1. The zero-order chi connectivity index (χ0) is 44.3. The van der Waals surface area contributed by atoms with Gasteiger partial charge >= 0.3 is 5.97 Å². The van der Waals surface area contributed by atoms with E-state index in [9.17, 15) is 24.9 Å². The van der Waals surface area contributed by atoms with Crippen LogP contribution in [-0.2, 0) is 47.5 Å². The zero-order valence-electron chi connectivity index (χ0n) is 38.7. The van der Waals surface area contributed by atoms with Gasteiger partial charge in [-0.3, -0.25) is 9.59 Å². The molecule has 2 spiro atoms. The molecule has 6 rings (SSSR count). The van der Waals surface area contributed by atoms with Crippen molar-refractivity contribution >= 4 is 11.8 Å². The normalized spacial score (nSPS) is 49.2. The molecule has 21 atom stereocenters. The Bertz CT molecular complexity index is 1550. The SMILES string of the molecule is CO[C@H]1CC[C@H](O[C@H]2C[C@H]([C@]3(C)CC[C@]4(C[C@H](O)[C@@H](C)[C@@H]([C@@H](C)/C=C(\C)C(=O)[C@H](C)C[C@H](C)C(=O)O)O4)O3)O[C@]3(O[C@@H]([C@H]4O[C@](C)(O)[C@H](C)C[C@@H]4C)C[C@@H]3C)[C@@H]2C)O[C@@H]1C. The van der Waals surface area contributed by atoms with E-state index in [0.717, 1.165) is 12.8 Å². The summed E-state index contributed by atoms with van der Waals surface area (Å²) in [7, 11) is 1.72. The Hall–Kier alpha value is -1.52. The predicted molar refractivity (Wildman–Crippen MR) is 222 cm³/mol. The third-order valence-electron chi connectivity index (χ3n) is 15.8. The molecular formula is C47H78O13. The van der Waals surface area contributed by atoms with Crippen molar-refractivity contribution < 1.29 is 62.8 Å². The van der Waals surface area contributed by atoms with Gasteiger partial charge in [-0.25, -0.2) is 0 Å². The first kappa shape index (κ1) is 47.9. The average Bonchev–Trinajstić information content (AvgIpc) is 3.68. The van der Waals surface area contributed by atoms with Crippen LogP contribution < -0.4 is 0 Å². The highest BCUT2D eigenvalue weighted by molar-refractivity contribution is 5.96. The first-order valence-corrected chi connectivity index (χ1v) is 23.1. The van der Waals surface area contributed by atoms with Crippen molar-refractivity contribution in [1.82, 2.24) is 0 Å². The van der Waals surface area contributed by atoms with Crippen LogP contribution in [-0.4, -0.2) is 112 Å². The fourth-order valence-electron chi connectivity index (χ4n) is 11.6. The number of hydrogen-bond acceptors (Lipinski definition) is 12.